The SMILES string of the molecule is Cc1cccc(COc2ccc(C=Nn3c(C4CCCCC4)nc4ccc(Br)cc4c3=O)cc2Cl)c1. The Balaban J connectivity index is 1.44. The van der Waals surface area contributed by atoms with E-state index in [9.17, 15) is 4.79 Å². The summed E-state index contributed by atoms with van der Waals surface area (Å²) in [6, 6.07) is 19.3. The van der Waals surface area contributed by atoms with Crippen molar-refractivity contribution >= 4 is 44.6 Å². The Labute approximate surface area is 223 Å². The van der Waals surface area contributed by atoms with Crippen LogP contribution in [0.2, 0.25) is 5.02 Å². The lowest BCUT2D eigenvalue weighted by Crippen LogP contribution is -2.25. The van der Waals surface area contributed by atoms with Gasteiger partial charge in [0.2, 0.25) is 0 Å². The van der Waals surface area contributed by atoms with Crippen LogP contribution >= 0.6 is 27.5 Å². The van der Waals surface area contributed by atoms with Crippen LogP contribution in [0.25, 0.3) is 10.9 Å². The Kier molecular flexibility index (Phi) is 7.54. The van der Waals surface area contributed by atoms with Gasteiger partial charge in [0.25, 0.3) is 5.56 Å². The summed E-state index contributed by atoms with van der Waals surface area (Å²) in [4.78, 5) is 18.4. The summed E-state index contributed by atoms with van der Waals surface area (Å²) in [5.74, 6) is 1.56. The molecule has 0 amide bonds. The first-order chi connectivity index (χ1) is 17.5. The van der Waals surface area contributed by atoms with Gasteiger partial charge in [-0.1, -0.05) is 76.6 Å². The van der Waals surface area contributed by atoms with Crippen LogP contribution in [-0.2, 0) is 6.61 Å². The molecule has 36 heavy (non-hydrogen) atoms. The first-order valence-electron chi connectivity index (χ1n) is 12.2. The molecule has 4 aromatic rings. The average molecular weight is 565 g/mol. The van der Waals surface area contributed by atoms with Crippen molar-refractivity contribution in [1.82, 2.24) is 9.66 Å². The van der Waals surface area contributed by atoms with Crippen molar-refractivity contribution in [3.05, 3.63) is 103 Å². The number of halogens is 2. The van der Waals surface area contributed by atoms with E-state index in [-0.39, 0.29) is 11.5 Å². The number of ether oxygens (including phenoxy) is 1. The Bertz CT molecular complexity index is 1490. The second-order valence-electron chi connectivity index (χ2n) is 9.30. The fraction of sp³-hybridized carbons (Fsp3) is 0.276. The van der Waals surface area contributed by atoms with Gasteiger partial charge in [-0.2, -0.15) is 9.78 Å². The summed E-state index contributed by atoms with van der Waals surface area (Å²) < 4.78 is 8.24. The molecule has 1 aromatic heterocycles. The van der Waals surface area contributed by atoms with Gasteiger partial charge < -0.3 is 4.74 Å². The highest BCUT2D eigenvalue weighted by atomic mass is 79.9. The maximum atomic E-state index is 13.5. The van der Waals surface area contributed by atoms with Gasteiger partial charge in [0, 0.05) is 10.4 Å². The minimum atomic E-state index is -0.165. The molecular weight excluding hydrogens is 538 g/mol. The standard InChI is InChI=1S/C29H27BrClN3O2/c1-19-6-5-7-21(14-19)18-36-27-13-10-20(15-25(27)31)17-32-34-28(22-8-3-2-4-9-22)33-26-12-11-23(30)16-24(26)29(34)35/h5-7,10-17,22H,2-4,8-9,18H2,1H3. The lowest BCUT2D eigenvalue weighted by atomic mass is 9.88. The second kappa shape index (κ2) is 11.0. The molecule has 1 fully saturated rings. The van der Waals surface area contributed by atoms with Gasteiger partial charge in [-0.05, 0) is 67.3 Å². The quantitative estimate of drug-likeness (QED) is 0.226. The van der Waals surface area contributed by atoms with Crippen LogP contribution < -0.4 is 10.3 Å². The van der Waals surface area contributed by atoms with Crippen molar-refractivity contribution in [1.29, 1.82) is 0 Å². The zero-order valence-corrected chi connectivity index (χ0v) is 22.4. The van der Waals surface area contributed by atoms with Gasteiger partial charge in [-0.15, -0.1) is 0 Å². The molecule has 0 N–H and O–H groups in total. The molecule has 0 bridgehead atoms. The van der Waals surface area contributed by atoms with Gasteiger partial charge in [-0.3, -0.25) is 4.79 Å². The lowest BCUT2D eigenvalue weighted by molar-refractivity contribution is 0.306. The van der Waals surface area contributed by atoms with E-state index in [0.717, 1.165) is 47.1 Å². The predicted octanol–water partition coefficient (Wildman–Crippen LogP) is 7.63. The summed E-state index contributed by atoms with van der Waals surface area (Å²) in [6.45, 7) is 2.49. The smallest absolute Gasteiger partial charge is 0.282 e. The third-order valence-electron chi connectivity index (χ3n) is 6.56. The number of benzene rings is 3. The van der Waals surface area contributed by atoms with Crippen LogP contribution in [0.4, 0.5) is 0 Å². The minimum absolute atomic E-state index is 0.165. The van der Waals surface area contributed by atoms with E-state index in [1.165, 1.54) is 16.7 Å². The monoisotopic (exact) mass is 563 g/mol. The van der Waals surface area contributed by atoms with Crippen LogP contribution in [0.1, 0.15) is 60.5 Å². The third-order valence-corrected chi connectivity index (χ3v) is 7.35. The topological polar surface area (TPSA) is 56.5 Å². The molecule has 1 heterocycles. The number of rotatable bonds is 6. The molecule has 1 aliphatic carbocycles. The van der Waals surface area contributed by atoms with E-state index in [0.29, 0.717) is 28.3 Å². The molecule has 7 heteroatoms. The number of hydrogen-bond acceptors (Lipinski definition) is 4. The third kappa shape index (κ3) is 5.55. The molecule has 0 radical (unpaired) electrons. The maximum absolute atomic E-state index is 13.5. The van der Waals surface area contributed by atoms with E-state index in [4.69, 9.17) is 21.3 Å². The molecule has 1 aliphatic rings. The van der Waals surface area contributed by atoms with E-state index in [1.54, 1.807) is 18.3 Å². The Morgan fingerprint density at radius 2 is 1.94 bits per heavy atom. The number of nitrogens with zero attached hydrogens (tertiary/aromatic N) is 3. The summed E-state index contributed by atoms with van der Waals surface area (Å²) in [6.07, 6.45) is 7.20. The highest BCUT2D eigenvalue weighted by molar-refractivity contribution is 9.10. The predicted molar refractivity (Wildman–Crippen MR) is 149 cm³/mol. The van der Waals surface area contributed by atoms with Crippen LogP contribution in [0, 0.1) is 6.92 Å². The number of hydrogen-bond donors (Lipinski definition) is 0. The normalized spacial score (nSPS) is 14.5. The Hall–Kier alpha value is -2.96. The molecule has 0 unspecified atom stereocenters. The van der Waals surface area contributed by atoms with Crippen molar-refractivity contribution < 1.29 is 4.74 Å². The highest BCUT2D eigenvalue weighted by Crippen LogP contribution is 2.32. The number of aromatic nitrogens is 2. The van der Waals surface area contributed by atoms with Gasteiger partial charge in [0.05, 0.1) is 22.1 Å². The molecular formula is C29H27BrClN3O2. The van der Waals surface area contributed by atoms with E-state index in [1.807, 2.05) is 36.4 Å². The van der Waals surface area contributed by atoms with Crippen molar-refractivity contribution in [2.24, 2.45) is 5.10 Å². The van der Waals surface area contributed by atoms with Crippen molar-refractivity contribution in [2.75, 3.05) is 0 Å². The first-order valence-corrected chi connectivity index (χ1v) is 13.4. The molecule has 0 saturated heterocycles. The average Bonchev–Trinajstić information content (AvgIpc) is 2.88. The van der Waals surface area contributed by atoms with Gasteiger partial charge in [0.1, 0.15) is 18.2 Å². The van der Waals surface area contributed by atoms with E-state index >= 15 is 0 Å². The van der Waals surface area contributed by atoms with Crippen LogP contribution in [0.3, 0.4) is 0 Å². The van der Waals surface area contributed by atoms with Gasteiger partial charge in [-0.25, -0.2) is 4.98 Å². The zero-order valence-electron chi connectivity index (χ0n) is 20.1. The van der Waals surface area contributed by atoms with E-state index in [2.05, 4.69) is 40.1 Å². The fourth-order valence-corrected chi connectivity index (χ4v) is 5.31. The largest absolute Gasteiger partial charge is 0.487 e. The van der Waals surface area contributed by atoms with Crippen molar-refractivity contribution in [3.63, 3.8) is 0 Å². The first kappa shape index (κ1) is 24.7. The zero-order chi connectivity index (χ0) is 25.1. The Morgan fingerprint density at radius 1 is 1.11 bits per heavy atom. The molecule has 5 rings (SSSR count). The molecule has 0 aliphatic heterocycles. The number of fused-ring (bicyclic) bond motifs is 1. The summed E-state index contributed by atoms with van der Waals surface area (Å²) in [5, 5.41) is 5.64. The molecule has 184 valence electrons. The summed E-state index contributed by atoms with van der Waals surface area (Å²) in [5.41, 5.74) is 3.59. The lowest BCUT2D eigenvalue weighted by Gasteiger charge is -2.22. The summed E-state index contributed by atoms with van der Waals surface area (Å²) >= 11 is 9.98. The van der Waals surface area contributed by atoms with Gasteiger partial charge >= 0.3 is 0 Å². The van der Waals surface area contributed by atoms with Gasteiger partial charge in [0.15, 0.2) is 0 Å². The molecule has 0 atom stereocenters. The van der Waals surface area contributed by atoms with Crippen molar-refractivity contribution in [2.45, 2.75) is 51.6 Å². The summed E-state index contributed by atoms with van der Waals surface area (Å²) in [7, 11) is 0. The molecule has 5 nitrogen and oxygen atoms in total. The maximum Gasteiger partial charge on any atom is 0.282 e. The highest BCUT2D eigenvalue weighted by Gasteiger charge is 2.22. The van der Waals surface area contributed by atoms with Crippen LogP contribution in [-0.4, -0.2) is 15.9 Å². The van der Waals surface area contributed by atoms with Crippen molar-refractivity contribution in [3.8, 4) is 5.75 Å². The Morgan fingerprint density at radius 3 is 2.72 bits per heavy atom. The molecule has 3 aromatic carbocycles. The van der Waals surface area contributed by atoms with E-state index < -0.39 is 0 Å². The van der Waals surface area contributed by atoms with Crippen LogP contribution in [0.15, 0.2) is 75.0 Å². The fourth-order valence-electron chi connectivity index (χ4n) is 4.70. The van der Waals surface area contributed by atoms with Crippen LogP contribution in [0.5, 0.6) is 5.75 Å². The second-order valence-corrected chi connectivity index (χ2v) is 10.6. The minimum Gasteiger partial charge on any atom is -0.487 e. The molecule has 1 saturated carbocycles. The number of aryl methyl sites for hydroxylation is 1. The molecule has 0 spiro atoms.